The van der Waals surface area contributed by atoms with Crippen molar-refractivity contribution in [1.82, 2.24) is 14.3 Å². The highest BCUT2D eigenvalue weighted by Crippen LogP contribution is 2.25. The van der Waals surface area contributed by atoms with Crippen molar-refractivity contribution in [1.29, 1.82) is 0 Å². The van der Waals surface area contributed by atoms with E-state index in [0.717, 1.165) is 6.07 Å². The lowest BCUT2D eigenvalue weighted by atomic mass is 10.2. The van der Waals surface area contributed by atoms with Crippen molar-refractivity contribution in [2.75, 3.05) is 31.1 Å². The van der Waals surface area contributed by atoms with Gasteiger partial charge in [0.15, 0.2) is 5.82 Å². The van der Waals surface area contributed by atoms with E-state index < -0.39 is 15.8 Å². The van der Waals surface area contributed by atoms with Gasteiger partial charge in [0.2, 0.25) is 10.0 Å². The molecule has 0 atom stereocenters. The molecule has 0 radical (unpaired) electrons. The predicted molar refractivity (Wildman–Crippen MR) is 89.2 cm³/mol. The summed E-state index contributed by atoms with van der Waals surface area (Å²) in [7, 11) is -3.72. The number of aryl methyl sites for hydroxylation is 1. The molecule has 1 fully saturated rings. The van der Waals surface area contributed by atoms with Gasteiger partial charge in [-0.05, 0) is 24.6 Å². The summed E-state index contributed by atoms with van der Waals surface area (Å²) in [5.74, 6) is 0.0626. The van der Waals surface area contributed by atoms with Crippen LogP contribution in [0.3, 0.4) is 0 Å². The fraction of sp³-hybridized carbons (Fsp3) is 0.333. The van der Waals surface area contributed by atoms with Gasteiger partial charge in [0.1, 0.15) is 17.2 Å². The Bertz CT molecular complexity index is 854. The lowest BCUT2D eigenvalue weighted by molar-refractivity contribution is 0.383. The van der Waals surface area contributed by atoms with Crippen LogP contribution in [0.4, 0.5) is 10.2 Å². The molecule has 1 aliphatic heterocycles. The normalized spacial score (nSPS) is 16.4. The Kier molecular flexibility index (Phi) is 4.71. The summed E-state index contributed by atoms with van der Waals surface area (Å²) in [4.78, 5) is 9.85. The van der Waals surface area contributed by atoms with Crippen molar-refractivity contribution in [2.45, 2.75) is 11.8 Å². The number of aromatic nitrogens is 2. The molecular weight excluding hydrogens is 355 g/mol. The SMILES string of the molecule is Cc1ccc(S(=O)(=O)N2CCN(c3ncncc3Cl)CC2)cc1F. The van der Waals surface area contributed by atoms with E-state index in [2.05, 4.69) is 9.97 Å². The zero-order valence-electron chi connectivity index (χ0n) is 13.0. The molecule has 0 unspecified atom stereocenters. The Labute approximate surface area is 144 Å². The van der Waals surface area contributed by atoms with E-state index in [1.807, 2.05) is 4.90 Å². The number of hydrogen-bond donors (Lipinski definition) is 0. The van der Waals surface area contributed by atoms with Crippen molar-refractivity contribution in [3.63, 3.8) is 0 Å². The number of sulfonamides is 1. The molecule has 9 heteroatoms. The molecule has 0 N–H and O–H groups in total. The Morgan fingerprint density at radius 3 is 2.54 bits per heavy atom. The standard InChI is InChI=1S/C15H16ClFN4O2S/c1-11-2-3-12(8-14(11)17)24(22,23)21-6-4-20(5-7-21)15-13(16)9-18-10-19-15/h2-3,8-10H,4-7H2,1H3. The monoisotopic (exact) mass is 370 g/mol. The van der Waals surface area contributed by atoms with Crippen molar-refractivity contribution in [2.24, 2.45) is 0 Å². The summed E-state index contributed by atoms with van der Waals surface area (Å²) in [6, 6.07) is 3.97. The highest BCUT2D eigenvalue weighted by Gasteiger charge is 2.29. The molecule has 0 spiro atoms. The van der Waals surface area contributed by atoms with Gasteiger partial charge >= 0.3 is 0 Å². The summed E-state index contributed by atoms with van der Waals surface area (Å²) in [5, 5.41) is 0.425. The average Bonchev–Trinajstić information content (AvgIpc) is 2.58. The van der Waals surface area contributed by atoms with Crippen LogP contribution in [-0.2, 0) is 10.0 Å². The third-order valence-corrected chi connectivity index (χ3v) is 6.13. The van der Waals surface area contributed by atoms with Crippen LogP contribution in [0, 0.1) is 12.7 Å². The number of nitrogens with zero attached hydrogens (tertiary/aromatic N) is 4. The molecule has 0 bridgehead atoms. The maximum atomic E-state index is 13.7. The fourth-order valence-electron chi connectivity index (χ4n) is 2.56. The van der Waals surface area contributed by atoms with Gasteiger partial charge in [0.25, 0.3) is 0 Å². The smallest absolute Gasteiger partial charge is 0.243 e. The fourth-order valence-corrected chi connectivity index (χ4v) is 4.22. The Balaban J connectivity index is 1.76. The highest BCUT2D eigenvalue weighted by molar-refractivity contribution is 7.89. The van der Waals surface area contributed by atoms with Crippen molar-refractivity contribution < 1.29 is 12.8 Å². The Morgan fingerprint density at radius 1 is 1.21 bits per heavy atom. The molecule has 6 nitrogen and oxygen atoms in total. The maximum absolute atomic E-state index is 13.7. The molecular formula is C15H16ClFN4O2S. The maximum Gasteiger partial charge on any atom is 0.243 e. The second kappa shape index (κ2) is 6.62. The van der Waals surface area contributed by atoms with Crippen molar-refractivity contribution in [3.05, 3.63) is 47.1 Å². The van der Waals surface area contributed by atoms with E-state index in [1.165, 1.54) is 29.0 Å². The van der Waals surface area contributed by atoms with Crippen LogP contribution in [0.2, 0.25) is 5.02 Å². The van der Waals surface area contributed by atoms with E-state index >= 15 is 0 Å². The molecule has 128 valence electrons. The Hall–Kier alpha value is -1.77. The summed E-state index contributed by atoms with van der Waals surface area (Å²) >= 11 is 6.07. The summed E-state index contributed by atoms with van der Waals surface area (Å²) in [6.07, 6.45) is 2.90. The predicted octanol–water partition coefficient (Wildman–Crippen LogP) is 2.09. The molecule has 2 heterocycles. The minimum atomic E-state index is -3.72. The summed E-state index contributed by atoms with van der Waals surface area (Å²) in [6.45, 7) is 3.04. The molecule has 0 aliphatic carbocycles. The minimum absolute atomic E-state index is 0.0286. The van der Waals surface area contributed by atoms with Crippen LogP contribution in [0.25, 0.3) is 0 Å². The van der Waals surface area contributed by atoms with Gasteiger partial charge in [-0.15, -0.1) is 0 Å². The number of hydrogen-bond acceptors (Lipinski definition) is 5. The average molecular weight is 371 g/mol. The van der Waals surface area contributed by atoms with E-state index in [0.29, 0.717) is 29.5 Å². The summed E-state index contributed by atoms with van der Waals surface area (Å²) < 4.78 is 40.3. The quantitative estimate of drug-likeness (QED) is 0.827. The topological polar surface area (TPSA) is 66.4 Å². The number of anilines is 1. The van der Waals surface area contributed by atoms with Crippen LogP contribution in [0.5, 0.6) is 0 Å². The first-order chi connectivity index (χ1) is 11.4. The number of rotatable bonds is 3. The van der Waals surface area contributed by atoms with Crippen LogP contribution in [0.15, 0.2) is 35.6 Å². The van der Waals surface area contributed by atoms with Gasteiger partial charge in [-0.25, -0.2) is 22.8 Å². The third-order valence-electron chi connectivity index (χ3n) is 3.97. The second-order valence-corrected chi connectivity index (χ2v) is 7.84. The number of halogens is 2. The second-order valence-electron chi connectivity index (χ2n) is 5.50. The molecule has 1 aromatic carbocycles. The van der Waals surface area contributed by atoms with Gasteiger partial charge < -0.3 is 4.90 Å². The van der Waals surface area contributed by atoms with Crippen LogP contribution in [0.1, 0.15) is 5.56 Å². The minimum Gasteiger partial charge on any atom is -0.353 e. The molecule has 0 saturated carbocycles. The zero-order chi connectivity index (χ0) is 17.3. The van der Waals surface area contributed by atoms with Crippen molar-refractivity contribution in [3.8, 4) is 0 Å². The number of benzene rings is 1. The Morgan fingerprint density at radius 2 is 1.92 bits per heavy atom. The molecule has 3 rings (SSSR count). The molecule has 24 heavy (non-hydrogen) atoms. The van der Waals surface area contributed by atoms with E-state index in [9.17, 15) is 12.8 Å². The number of piperazine rings is 1. The molecule has 2 aromatic rings. The largest absolute Gasteiger partial charge is 0.353 e. The van der Waals surface area contributed by atoms with Crippen molar-refractivity contribution >= 4 is 27.4 Å². The van der Waals surface area contributed by atoms with Gasteiger partial charge in [-0.1, -0.05) is 17.7 Å². The van der Waals surface area contributed by atoms with E-state index in [-0.39, 0.29) is 18.0 Å². The highest BCUT2D eigenvalue weighted by atomic mass is 35.5. The molecule has 0 amide bonds. The van der Waals surface area contributed by atoms with Crippen LogP contribution < -0.4 is 4.90 Å². The third kappa shape index (κ3) is 3.22. The lowest BCUT2D eigenvalue weighted by Gasteiger charge is -2.34. The zero-order valence-corrected chi connectivity index (χ0v) is 14.6. The van der Waals surface area contributed by atoms with Gasteiger partial charge in [0.05, 0.1) is 11.1 Å². The molecule has 1 aliphatic rings. The van der Waals surface area contributed by atoms with Crippen LogP contribution >= 0.6 is 11.6 Å². The first kappa shape index (κ1) is 17.1. The summed E-state index contributed by atoms with van der Waals surface area (Å²) in [5.41, 5.74) is 0.414. The van der Waals surface area contributed by atoms with Gasteiger partial charge in [-0.3, -0.25) is 0 Å². The van der Waals surface area contributed by atoms with E-state index in [4.69, 9.17) is 11.6 Å². The lowest BCUT2D eigenvalue weighted by Crippen LogP contribution is -2.49. The van der Waals surface area contributed by atoms with Gasteiger partial charge in [0, 0.05) is 26.2 Å². The van der Waals surface area contributed by atoms with E-state index in [1.54, 1.807) is 6.92 Å². The van der Waals surface area contributed by atoms with Crippen LogP contribution in [-0.4, -0.2) is 48.9 Å². The first-order valence-electron chi connectivity index (χ1n) is 7.36. The first-order valence-corrected chi connectivity index (χ1v) is 9.18. The molecule has 1 saturated heterocycles. The van der Waals surface area contributed by atoms with Gasteiger partial charge in [-0.2, -0.15) is 4.31 Å². The molecule has 1 aromatic heterocycles.